The van der Waals surface area contributed by atoms with E-state index in [2.05, 4.69) is 27.8 Å². The van der Waals surface area contributed by atoms with E-state index >= 15 is 0 Å². The van der Waals surface area contributed by atoms with Crippen molar-refractivity contribution in [1.82, 2.24) is 15.6 Å². The second-order valence-corrected chi connectivity index (χ2v) is 9.68. The van der Waals surface area contributed by atoms with E-state index in [1.165, 1.54) is 23.3 Å². The molecule has 0 bridgehead atoms. The van der Waals surface area contributed by atoms with Crippen LogP contribution in [0.4, 0.5) is 4.39 Å². The SMILES string of the molecule is C[C@@H](NC(=O)c1cncc(OCC2COC2)c1)c1ccc(C(=C2CCNCC2)c2ccc(F)cc2)cc1. The van der Waals surface area contributed by atoms with Crippen LogP contribution in [0.2, 0.25) is 0 Å². The summed E-state index contributed by atoms with van der Waals surface area (Å²) in [5, 5.41) is 6.47. The van der Waals surface area contributed by atoms with Crippen LogP contribution in [0.25, 0.3) is 5.57 Å². The molecule has 1 atom stereocenters. The Bertz CT molecular complexity index is 1250. The highest BCUT2D eigenvalue weighted by Crippen LogP contribution is 2.32. The Balaban J connectivity index is 1.28. The van der Waals surface area contributed by atoms with Gasteiger partial charge in [-0.05, 0) is 73.3 Å². The number of hydrogen-bond donors (Lipinski definition) is 2. The minimum atomic E-state index is -0.237. The van der Waals surface area contributed by atoms with Gasteiger partial charge < -0.3 is 20.1 Å². The molecule has 3 heterocycles. The van der Waals surface area contributed by atoms with Gasteiger partial charge in [0.05, 0.1) is 37.6 Å². The molecule has 192 valence electrons. The normalized spacial score (nSPS) is 16.5. The third kappa shape index (κ3) is 6.24. The Kier molecular flexibility index (Phi) is 7.92. The average Bonchev–Trinajstić information content (AvgIpc) is 2.90. The van der Waals surface area contributed by atoms with Crippen molar-refractivity contribution in [2.75, 3.05) is 32.9 Å². The average molecular weight is 502 g/mol. The van der Waals surface area contributed by atoms with Gasteiger partial charge in [0.25, 0.3) is 5.91 Å². The lowest BCUT2D eigenvalue weighted by atomic mass is 9.88. The largest absolute Gasteiger partial charge is 0.491 e. The minimum Gasteiger partial charge on any atom is -0.491 e. The van der Waals surface area contributed by atoms with Crippen LogP contribution in [0, 0.1) is 11.7 Å². The minimum absolute atomic E-state index is 0.195. The summed E-state index contributed by atoms with van der Waals surface area (Å²) < 4.78 is 24.5. The quantitative estimate of drug-likeness (QED) is 0.458. The Morgan fingerprint density at radius 1 is 1.05 bits per heavy atom. The van der Waals surface area contributed by atoms with Crippen molar-refractivity contribution in [3.63, 3.8) is 0 Å². The molecule has 1 aromatic heterocycles. The standard InChI is InChI=1S/C30H32FN3O3/c1-20(34-30(35)26-14-28(16-33-15-26)37-19-21-17-36-18-21)22-2-4-23(5-3-22)29(25-10-12-32-13-11-25)24-6-8-27(31)9-7-24/h2-9,14-16,20-21,32H,10-13,17-19H2,1H3,(H,34,35)/t20-/m1/s1. The number of nitrogens with zero attached hydrogens (tertiary/aromatic N) is 1. The monoisotopic (exact) mass is 501 g/mol. The fraction of sp³-hybridized carbons (Fsp3) is 0.333. The number of rotatable bonds is 8. The van der Waals surface area contributed by atoms with E-state index in [1.54, 1.807) is 18.5 Å². The Morgan fingerprint density at radius 3 is 2.38 bits per heavy atom. The molecule has 5 rings (SSSR count). The highest BCUT2D eigenvalue weighted by atomic mass is 19.1. The highest BCUT2D eigenvalue weighted by Gasteiger charge is 2.20. The lowest BCUT2D eigenvalue weighted by molar-refractivity contribution is -0.0509. The van der Waals surface area contributed by atoms with E-state index in [0.717, 1.165) is 42.6 Å². The Morgan fingerprint density at radius 2 is 1.73 bits per heavy atom. The van der Waals surface area contributed by atoms with Crippen LogP contribution in [0.1, 0.15) is 52.9 Å². The smallest absolute Gasteiger partial charge is 0.253 e. The molecule has 0 radical (unpaired) electrons. The maximum Gasteiger partial charge on any atom is 0.253 e. The Labute approximate surface area is 216 Å². The molecule has 2 N–H and O–H groups in total. The fourth-order valence-corrected chi connectivity index (χ4v) is 4.69. The Hall–Kier alpha value is -3.55. The number of nitrogens with one attached hydrogen (secondary N) is 2. The van der Waals surface area contributed by atoms with Crippen LogP contribution in [-0.2, 0) is 4.74 Å². The van der Waals surface area contributed by atoms with Crippen LogP contribution >= 0.6 is 0 Å². The lowest BCUT2D eigenvalue weighted by Crippen LogP contribution is -2.32. The number of halogens is 1. The van der Waals surface area contributed by atoms with E-state index in [4.69, 9.17) is 9.47 Å². The second-order valence-electron chi connectivity index (χ2n) is 9.68. The molecule has 0 spiro atoms. The fourth-order valence-electron chi connectivity index (χ4n) is 4.69. The van der Waals surface area contributed by atoms with Crippen LogP contribution in [0.5, 0.6) is 5.75 Å². The zero-order valence-corrected chi connectivity index (χ0v) is 21.0. The van der Waals surface area contributed by atoms with E-state index in [9.17, 15) is 9.18 Å². The predicted octanol–water partition coefficient (Wildman–Crippen LogP) is 4.92. The zero-order valence-electron chi connectivity index (χ0n) is 21.0. The summed E-state index contributed by atoms with van der Waals surface area (Å²) >= 11 is 0. The van der Waals surface area contributed by atoms with E-state index in [0.29, 0.717) is 37.1 Å². The molecule has 7 heteroatoms. The maximum atomic E-state index is 13.6. The van der Waals surface area contributed by atoms with Crippen molar-refractivity contribution in [3.05, 3.63) is 101 Å². The van der Waals surface area contributed by atoms with Gasteiger partial charge in [0.2, 0.25) is 0 Å². The molecule has 2 aromatic carbocycles. The number of amides is 1. The molecule has 2 aliphatic heterocycles. The van der Waals surface area contributed by atoms with Crippen LogP contribution in [0.15, 0.2) is 72.6 Å². The summed E-state index contributed by atoms with van der Waals surface area (Å²) in [7, 11) is 0. The molecule has 0 aliphatic carbocycles. The van der Waals surface area contributed by atoms with Gasteiger partial charge in [0.15, 0.2) is 0 Å². The molecule has 37 heavy (non-hydrogen) atoms. The topological polar surface area (TPSA) is 72.5 Å². The van der Waals surface area contributed by atoms with Gasteiger partial charge in [-0.3, -0.25) is 9.78 Å². The summed E-state index contributed by atoms with van der Waals surface area (Å²) in [5.41, 5.74) is 6.11. The third-order valence-electron chi connectivity index (χ3n) is 6.91. The number of aromatic nitrogens is 1. The first-order chi connectivity index (χ1) is 18.1. The predicted molar refractivity (Wildman–Crippen MR) is 141 cm³/mol. The summed E-state index contributed by atoms with van der Waals surface area (Å²) in [6, 6.07) is 16.5. The van der Waals surface area contributed by atoms with E-state index in [-0.39, 0.29) is 17.8 Å². The number of carbonyl (C=O) groups excluding carboxylic acids is 1. The van der Waals surface area contributed by atoms with Gasteiger partial charge in [-0.1, -0.05) is 42.0 Å². The summed E-state index contributed by atoms with van der Waals surface area (Å²) in [6.45, 7) is 5.83. The number of benzene rings is 2. The molecule has 2 aliphatic rings. The molecular weight excluding hydrogens is 469 g/mol. The molecular formula is C30H32FN3O3. The number of carbonyl (C=O) groups is 1. The zero-order chi connectivity index (χ0) is 25.6. The maximum absolute atomic E-state index is 13.6. The van der Waals surface area contributed by atoms with Crippen molar-refractivity contribution in [3.8, 4) is 5.75 Å². The summed E-state index contributed by atoms with van der Waals surface area (Å²) in [4.78, 5) is 17.1. The third-order valence-corrected chi connectivity index (χ3v) is 6.91. The van der Waals surface area contributed by atoms with Crippen LogP contribution < -0.4 is 15.4 Å². The van der Waals surface area contributed by atoms with Crippen molar-refractivity contribution < 1.29 is 18.7 Å². The van der Waals surface area contributed by atoms with E-state index < -0.39 is 0 Å². The molecule has 1 amide bonds. The van der Waals surface area contributed by atoms with Gasteiger partial charge in [-0.2, -0.15) is 0 Å². The molecule has 0 unspecified atom stereocenters. The number of hydrogen-bond acceptors (Lipinski definition) is 5. The molecule has 2 fully saturated rings. The van der Waals surface area contributed by atoms with Crippen molar-refractivity contribution in [1.29, 1.82) is 0 Å². The van der Waals surface area contributed by atoms with Gasteiger partial charge in [0, 0.05) is 12.1 Å². The number of ether oxygens (including phenoxy) is 2. The van der Waals surface area contributed by atoms with E-state index in [1.807, 2.05) is 31.2 Å². The first-order valence-electron chi connectivity index (χ1n) is 12.8. The van der Waals surface area contributed by atoms with Crippen molar-refractivity contribution >= 4 is 11.5 Å². The highest BCUT2D eigenvalue weighted by molar-refractivity contribution is 5.94. The van der Waals surface area contributed by atoms with Gasteiger partial charge in [0.1, 0.15) is 11.6 Å². The molecule has 3 aromatic rings. The van der Waals surface area contributed by atoms with Gasteiger partial charge in [-0.25, -0.2) is 4.39 Å². The number of piperidine rings is 1. The van der Waals surface area contributed by atoms with Crippen LogP contribution in [-0.4, -0.2) is 43.8 Å². The number of pyridine rings is 1. The molecule has 0 saturated carbocycles. The first-order valence-corrected chi connectivity index (χ1v) is 12.8. The lowest BCUT2D eigenvalue weighted by Gasteiger charge is -2.25. The second kappa shape index (κ2) is 11.7. The summed E-state index contributed by atoms with van der Waals surface area (Å²) in [5.74, 6) is 0.536. The molecule has 2 saturated heterocycles. The summed E-state index contributed by atoms with van der Waals surface area (Å²) in [6.07, 6.45) is 5.09. The first kappa shape index (κ1) is 25.1. The van der Waals surface area contributed by atoms with Crippen molar-refractivity contribution in [2.24, 2.45) is 5.92 Å². The van der Waals surface area contributed by atoms with Gasteiger partial charge in [-0.15, -0.1) is 0 Å². The van der Waals surface area contributed by atoms with Gasteiger partial charge >= 0.3 is 0 Å². The van der Waals surface area contributed by atoms with Crippen molar-refractivity contribution in [2.45, 2.75) is 25.8 Å². The molecule has 6 nitrogen and oxygen atoms in total. The van der Waals surface area contributed by atoms with Crippen LogP contribution in [0.3, 0.4) is 0 Å².